The molecule has 1 aliphatic carbocycles. The lowest BCUT2D eigenvalue weighted by atomic mass is 9.95. The van der Waals surface area contributed by atoms with Gasteiger partial charge in [0.2, 0.25) is 0 Å². The monoisotopic (exact) mass is 275 g/mol. The Morgan fingerprint density at radius 1 is 1.20 bits per heavy atom. The fraction of sp³-hybridized carbons (Fsp3) is 0.667. The van der Waals surface area contributed by atoms with Crippen molar-refractivity contribution in [2.24, 2.45) is 16.7 Å². The van der Waals surface area contributed by atoms with Crippen LogP contribution in [0.25, 0.3) is 0 Å². The zero-order valence-corrected chi connectivity index (χ0v) is 14.0. The van der Waals surface area contributed by atoms with Crippen LogP contribution in [0.3, 0.4) is 0 Å². The first kappa shape index (κ1) is 15.4. The fourth-order valence-electron chi connectivity index (χ4n) is 3.82. The molecule has 0 aliphatic heterocycles. The van der Waals surface area contributed by atoms with Gasteiger partial charge in [-0.3, -0.25) is 0 Å². The summed E-state index contributed by atoms with van der Waals surface area (Å²) < 4.78 is 5.38. The summed E-state index contributed by atoms with van der Waals surface area (Å²) in [7, 11) is 1.73. The molecule has 0 amide bonds. The highest BCUT2D eigenvalue weighted by Crippen LogP contribution is 2.72. The number of hydrogen-bond donors (Lipinski definition) is 1. The Hall–Kier alpha value is -1.02. The quantitative estimate of drug-likeness (QED) is 0.863. The largest absolute Gasteiger partial charge is 0.496 e. The van der Waals surface area contributed by atoms with Crippen LogP contribution >= 0.6 is 0 Å². The van der Waals surface area contributed by atoms with E-state index < -0.39 is 0 Å². The van der Waals surface area contributed by atoms with Gasteiger partial charge in [-0.25, -0.2) is 0 Å². The van der Waals surface area contributed by atoms with Gasteiger partial charge in [0, 0.05) is 6.04 Å². The maximum Gasteiger partial charge on any atom is 0.121 e. The number of nitrogens with one attached hydrogen (secondary N) is 1. The molecule has 0 heterocycles. The van der Waals surface area contributed by atoms with Crippen LogP contribution in [-0.2, 0) is 0 Å². The molecule has 0 radical (unpaired) electrons. The molecule has 112 valence electrons. The molecule has 2 rings (SSSR count). The molecule has 1 aromatic carbocycles. The SMILES string of the molecule is CCNC(c1ccc(OC)c(C)c1)C1C(C)(C)C1(C)C. The average molecular weight is 275 g/mol. The smallest absolute Gasteiger partial charge is 0.121 e. The Bertz CT molecular complexity index is 476. The molecule has 1 aliphatic rings. The van der Waals surface area contributed by atoms with Crippen molar-refractivity contribution < 1.29 is 4.74 Å². The highest BCUT2D eigenvalue weighted by molar-refractivity contribution is 5.39. The lowest BCUT2D eigenvalue weighted by Gasteiger charge is -2.22. The van der Waals surface area contributed by atoms with Crippen molar-refractivity contribution in [1.29, 1.82) is 0 Å². The van der Waals surface area contributed by atoms with Crippen molar-refractivity contribution in [1.82, 2.24) is 5.32 Å². The Morgan fingerprint density at radius 2 is 1.80 bits per heavy atom. The Balaban J connectivity index is 2.33. The van der Waals surface area contributed by atoms with Crippen molar-refractivity contribution in [3.05, 3.63) is 29.3 Å². The Kier molecular flexibility index (Phi) is 3.90. The van der Waals surface area contributed by atoms with E-state index >= 15 is 0 Å². The molecule has 2 nitrogen and oxygen atoms in total. The summed E-state index contributed by atoms with van der Waals surface area (Å²) in [6, 6.07) is 7.01. The van der Waals surface area contributed by atoms with Gasteiger partial charge in [0.1, 0.15) is 5.75 Å². The molecule has 20 heavy (non-hydrogen) atoms. The fourth-order valence-corrected chi connectivity index (χ4v) is 3.82. The van der Waals surface area contributed by atoms with Crippen LogP contribution in [0.2, 0.25) is 0 Å². The third-order valence-electron chi connectivity index (χ3n) is 5.67. The normalized spacial score (nSPS) is 21.6. The standard InChI is InChI=1S/C18H29NO/c1-8-19-15(16-17(3,4)18(16,5)6)13-9-10-14(20-7)12(2)11-13/h9-11,15-16,19H,8H2,1-7H3. The van der Waals surface area contributed by atoms with Crippen molar-refractivity contribution in [3.63, 3.8) is 0 Å². The third kappa shape index (κ3) is 2.24. The second-order valence-electron chi connectivity index (χ2n) is 7.19. The molecule has 1 atom stereocenters. The lowest BCUT2D eigenvalue weighted by Crippen LogP contribution is -2.25. The molecule has 0 aromatic heterocycles. The van der Waals surface area contributed by atoms with Crippen molar-refractivity contribution in [2.75, 3.05) is 13.7 Å². The number of ether oxygens (including phenoxy) is 1. The number of methoxy groups -OCH3 is 1. The van der Waals surface area contributed by atoms with Crippen LogP contribution in [-0.4, -0.2) is 13.7 Å². The summed E-state index contributed by atoms with van der Waals surface area (Å²) in [4.78, 5) is 0. The first-order valence-electron chi connectivity index (χ1n) is 7.65. The molecule has 1 N–H and O–H groups in total. The van der Waals surface area contributed by atoms with Gasteiger partial charge in [-0.2, -0.15) is 0 Å². The van der Waals surface area contributed by atoms with Crippen molar-refractivity contribution >= 4 is 0 Å². The molecule has 1 fully saturated rings. The minimum absolute atomic E-state index is 0.383. The number of benzene rings is 1. The predicted molar refractivity (Wildman–Crippen MR) is 85.2 cm³/mol. The summed E-state index contributed by atoms with van der Waals surface area (Å²) in [5, 5.41) is 3.70. The predicted octanol–water partition coefficient (Wildman–Crippen LogP) is 4.34. The van der Waals surface area contributed by atoms with Gasteiger partial charge < -0.3 is 10.1 Å². The minimum Gasteiger partial charge on any atom is -0.496 e. The van der Waals surface area contributed by atoms with Gasteiger partial charge in [-0.05, 0) is 47.4 Å². The zero-order valence-electron chi connectivity index (χ0n) is 14.0. The molecular formula is C18H29NO. The van der Waals surface area contributed by atoms with E-state index in [1.54, 1.807) is 7.11 Å². The highest BCUT2D eigenvalue weighted by atomic mass is 16.5. The first-order valence-corrected chi connectivity index (χ1v) is 7.65. The van der Waals surface area contributed by atoms with E-state index in [0.717, 1.165) is 12.3 Å². The molecular weight excluding hydrogens is 246 g/mol. The van der Waals surface area contributed by atoms with Crippen molar-refractivity contribution in [3.8, 4) is 5.75 Å². The first-order chi connectivity index (χ1) is 9.27. The second kappa shape index (κ2) is 5.07. The van der Waals surface area contributed by atoms with E-state index in [4.69, 9.17) is 4.74 Å². The van der Waals surface area contributed by atoms with Gasteiger partial charge in [-0.15, -0.1) is 0 Å². The highest BCUT2D eigenvalue weighted by Gasteiger charge is 2.67. The van der Waals surface area contributed by atoms with Crippen LogP contribution < -0.4 is 10.1 Å². The van der Waals surface area contributed by atoms with Gasteiger partial charge in [0.05, 0.1) is 7.11 Å². The maximum atomic E-state index is 5.38. The average Bonchev–Trinajstić information content (AvgIpc) is 2.77. The second-order valence-corrected chi connectivity index (χ2v) is 7.19. The molecule has 0 saturated heterocycles. The molecule has 0 spiro atoms. The van der Waals surface area contributed by atoms with Crippen molar-refractivity contribution in [2.45, 2.75) is 47.6 Å². The number of rotatable bonds is 5. The van der Waals surface area contributed by atoms with E-state index in [1.807, 2.05) is 0 Å². The van der Waals surface area contributed by atoms with Crippen LogP contribution in [0.4, 0.5) is 0 Å². The van der Waals surface area contributed by atoms with E-state index in [0.29, 0.717) is 22.8 Å². The van der Waals surface area contributed by atoms with E-state index in [2.05, 4.69) is 65.1 Å². The topological polar surface area (TPSA) is 21.3 Å². The number of aryl methyl sites for hydroxylation is 1. The summed E-state index contributed by atoms with van der Waals surface area (Å²) in [6.07, 6.45) is 0. The van der Waals surface area contributed by atoms with Gasteiger partial charge in [0.15, 0.2) is 0 Å². The zero-order chi connectivity index (χ0) is 15.1. The lowest BCUT2D eigenvalue weighted by molar-refractivity contribution is 0.406. The summed E-state index contributed by atoms with van der Waals surface area (Å²) in [5.41, 5.74) is 3.36. The number of hydrogen-bond acceptors (Lipinski definition) is 2. The van der Waals surface area contributed by atoms with E-state index in [1.165, 1.54) is 11.1 Å². The summed E-state index contributed by atoms with van der Waals surface area (Å²) >= 11 is 0. The Labute approximate surface area is 123 Å². The summed E-state index contributed by atoms with van der Waals surface area (Å²) in [5.74, 6) is 1.64. The van der Waals surface area contributed by atoms with Crippen LogP contribution in [0.15, 0.2) is 18.2 Å². The van der Waals surface area contributed by atoms with Crippen LogP contribution in [0.5, 0.6) is 5.75 Å². The van der Waals surface area contributed by atoms with Gasteiger partial charge >= 0.3 is 0 Å². The maximum absolute atomic E-state index is 5.38. The molecule has 0 bridgehead atoms. The summed E-state index contributed by atoms with van der Waals surface area (Å²) in [6.45, 7) is 14.9. The van der Waals surface area contributed by atoms with Crippen LogP contribution in [0.1, 0.15) is 51.8 Å². The molecule has 1 unspecified atom stereocenters. The molecule has 2 heteroatoms. The molecule has 1 aromatic rings. The van der Waals surface area contributed by atoms with Gasteiger partial charge in [0.25, 0.3) is 0 Å². The third-order valence-corrected chi connectivity index (χ3v) is 5.67. The Morgan fingerprint density at radius 3 is 2.20 bits per heavy atom. The molecule has 1 saturated carbocycles. The van der Waals surface area contributed by atoms with E-state index in [-0.39, 0.29) is 0 Å². The van der Waals surface area contributed by atoms with Gasteiger partial charge in [-0.1, -0.05) is 46.8 Å². The van der Waals surface area contributed by atoms with Crippen LogP contribution in [0, 0.1) is 23.7 Å². The minimum atomic E-state index is 0.383. The van der Waals surface area contributed by atoms with E-state index in [9.17, 15) is 0 Å².